The fourth-order valence-electron chi connectivity index (χ4n) is 1.66. The Labute approximate surface area is 151 Å². The Balaban J connectivity index is 2.31. The standard InChI is InChI=1S/C14H8Br2INO3/c15-8-1-2-12(17)11(6-8)13(19)18-10-4-7(14(20)21)3-9(16)5-10/h1-6H,(H,18,19)(H,20,21). The van der Waals surface area contributed by atoms with Gasteiger partial charge in [0.1, 0.15) is 0 Å². The molecule has 0 aromatic heterocycles. The Morgan fingerprint density at radius 3 is 2.43 bits per heavy atom. The summed E-state index contributed by atoms with van der Waals surface area (Å²) >= 11 is 8.63. The lowest BCUT2D eigenvalue weighted by Gasteiger charge is -2.09. The van der Waals surface area contributed by atoms with Crippen LogP contribution >= 0.6 is 54.5 Å². The minimum atomic E-state index is -1.05. The van der Waals surface area contributed by atoms with Crippen molar-refractivity contribution in [2.45, 2.75) is 0 Å². The van der Waals surface area contributed by atoms with Crippen LogP contribution in [-0.2, 0) is 0 Å². The van der Waals surface area contributed by atoms with Crippen molar-refractivity contribution in [3.05, 3.63) is 60.0 Å². The Bertz CT molecular complexity index is 734. The number of amides is 1. The summed E-state index contributed by atoms with van der Waals surface area (Å²) in [5.74, 6) is -1.35. The van der Waals surface area contributed by atoms with Gasteiger partial charge in [-0.05, 0) is 59.0 Å². The Kier molecular flexibility index (Phi) is 5.39. The van der Waals surface area contributed by atoms with Gasteiger partial charge < -0.3 is 10.4 Å². The Morgan fingerprint density at radius 2 is 1.76 bits per heavy atom. The predicted octanol–water partition coefficient (Wildman–Crippen LogP) is 4.77. The summed E-state index contributed by atoms with van der Waals surface area (Å²) in [4.78, 5) is 23.3. The minimum Gasteiger partial charge on any atom is -0.478 e. The minimum absolute atomic E-state index is 0.101. The molecule has 7 heteroatoms. The molecule has 0 bridgehead atoms. The summed E-state index contributed by atoms with van der Waals surface area (Å²) in [5.41, 5.74) is 1.04. The summed E-state index contributed by atoms with van der Waals surface area (Å²) < 4.78 is 2.19. The van der Waals surface area contributed by atoms with Crippen molar-refractivity contribution in [1.82, 2.24) is 0 Å². The van der Waals surface area contributed by atoms with Crippen molar-refractivity contribution in [1.29, 1.82) is 0 Å². The number of carbonyl (C=O) groups is 2. The van der Waals surface area contributed by atoms with E-state index >= 15 is 0 Å². The SMILES string of the molecule is O=C(O)c1cc(Br)cc(NC(=O)c2cc(Br)ccc2I)c1. The summed E-state index contributed by atoms with van der Waals surface area (Å²) in [6, 6.07) is 9.92. The largest absolute Gasteiger partial charge is 0.478 e. The Hall–Kier alpha value is -0.930. The maximum Gasteiger partial charge on any atom is 0.335 e. The number of nitrogens with one attached hydrogen (secondary N) is 1. The van der Waals surface area contributed by atoms with Crippen LogP contribution < -0.4 is 5.32 Å². The zero-order valence-corrected chi connectivity index (χ0v) is 15.7. The van der Waals surface area contributed by atoms with Gasteiger partial charge in [-0.2, -0.15) is 0 Å². The predicted molar refractivity (Wildman–Crippen MR) is 95.9 cm³/mol. The molecule has 0 spiro atoms. The Morgan fingerprint density at radius 1 is 1.05 bits per heavy atom. The lowest BCUT2D eigenvalue weighted by atomic mass is 10.2. The molecule has 21 heavy (non-hydrogen) atoms. The van der Waals surface area contributed by atoms with Gasteiger partial charge >= 0.3 is 5.97 Å². The van der Waals surface area contributed by atoms with Crippen LogP contribution in [0, 0.1) is 3.57 Å². The van der Waals surface area contributed by atoms with Gasteiger partial charge in [0.05, 0.1) is 11.1 Å². The normalized spacial score (nSPS) is 10.2. The molecule has 4 nitrogen and oxygen atoms in total. The first-order valence-corrected chi connectivity index (χ1v) is 8.33. The first kappa shape index (κ1) is 16.4. The van der Waals surface area contributed by atoms with E-state index in [1.807, 2.05) is 12.1 Å². The van der Waals surface area contributed by atoms with Crippen LogP contribution in [0.15, 0.2) is 45.3 Å². The molecule has 0 heterocycles. The molecule has 1 amide bonds. The highest BCUT2D eigenvalue weighted by Crippen LogP contribution is 2.23. The van der Waals surface area contributed by atoms with E-state index in [4.69, 9.17) is 5.11 Å². The van der Waals surface area contributed by atoms with Crippen LogP contribution in [0.4, 0.5) is 5.69 Å². The van der Waals surface area contributed by atoms with Crippen molar-refractivity contribution < 1.29 is 14.7 Å². The van der Waals surface area contributed by atoms with E-state index in [1.54, 1.807) is 12.1 Å². The average molecular weight is 525 g/mol. The summed E-state index contributed by atoms with van der Waals surface area (Å²) in [6.45, 7) is 0. The topological polar surface area (TPSA) is 66.4 Å². The molecule has 0 radical (unpaired) electrons. The second-order valence-electron chi connectivity index (χ2n) is 4.11. The fraction of sp³-hybridized carbons (Fsp3) is 0. The number of hydrogen-bond donors (Lipinski definition) is 2. The van der Waals surface area contributed by atoms with Crippen molar-refractivity contribution in [2.24, 2.45) is 0 Å². The number of anilines is 1. The molecule has 2 rings (SSSR count). The van der Waals surface area contributed by atoms with E-state index < -0.39 is 5.97 Å². The number of benzene rings is 2. The number of halogens is 3. The van der Waals surface area contributed by atoms with Gasteiger partial charge in [0, 0.05) is 18.2 Å². The molecule has 0 saturated carbocycles. The zero-order chi connectivity index (χ0) is 15.6. The first-order valence-electron chi connectivity index (χ1n) is 5.67. The van der Waals surface area contributed by atoms with Crippen molar-refractivity contribution in [3.8, 4) is 0 Å². The van der Waals surface area contributed by atoms with Gasteiger partial charge in [-0.3, -0.25) is 4.79 Å². The molecule has 2 aromatic carbocycles. The molecular formula is C14H8Br2INO3. The lowest BCUT2D eigenvalue weighted by Crippen LogP contribution is -2.14. The molecule has 0 unspecified atom stereocenters. The monoisotopic (exact) mass is 523 g/mol. The van der Waals surface area contributed by atoms with Crippen LogP contribution in [0.5, 0.6) is 0 Å². The fourth-order valence-corrected chi connectivity index (χ4v) is 3.09. The van der Waals surface area contributed by atoms with Crippen molar-refractivity contribution in [2.75, 3.05) is 5.32 Å². The molecular weight excluding hydrogens is 517 g/mol. The average Bonchev–Trinajstić information content (AvgIpc) is 2.40. The molecule has 2 N–H and O–H groups in total. The highest BCUT2D eigenvalue weighted by Gasteiger charge is 2.13. The summed E-state index contributed by atoms with van der Waals surface area (Å²) in [7, 11) is 0. The molecule has 2 aromatic rings. The van der Waals surface area contributed by atoms with Crippen LogP contribution in [0.1, 0.15) is 20.7 Å². The smallest absolute Gasteiger partial charge is 0.335 e. The summed E-state index contributed by atoms with van der Waals surface area (Å²) in [5, 5.41) is 11.7. The van der Waals surface area contributed by atoms with Gasteiger partial charge in [-0.1, -0.05) is 31.9 Å². The third-order valence-electron chi connectivity index (χ3n) is 2.58. The third kappa shape index (κ3) is 4.27. The van der Waals surface area contributed by atoms with E-state index in [2.05, 4.69) is 59.8 Å². The number of rotatable bonds is 3. The maximum atomic E-state index is 12.3. The number of hydrogen-bond acceptors (Lipinski definition) is 2. The number of aromatic carboxylic acids is 1. The van der Waals surface area contributed by atoms with Gasteiger partial charge in [-0.15, -0.1) is 0 Å². The van der Waals surface area contributed by atoms with E-state index in [-0.39, 0.29) is 11.5 Å². The van der Waals surface area contributed by atoms with Crippen LogP contribution in [-0.4, -0.2) is 17.0 Å². The molecule has 108 valence electrons. The van der Waals surface area contributed by atoms with Gasteiger partial charge in [0.15, 0.2) is 0 Å². The van der Waals surface area contributed by atoms with Crippen molar-refractivity contribution >= 4 is 72.0 Å². The third-order valence-corrected chi connectivity index (χ3v) is 4.47. The second-order valence-corrected chi connectivity index (χ2v) is 7.11. The van der Waals surface area contributed by atoms with Crippen LogP contribution in [0.25, 0.3) is 0 Å². The van der Waals surface area contributed by atoms with E-state index in [9.17, 15) is 9.59 Å². The summed E-state index contributed by atoms with van der Waals surface area (Å²) in [6.07, 6.45) is 0. The molecule has 0 saturated heterocycles. The van der Waals surface area contributed by atoms with E-state index in [1.165, 1.54) is 12.1 Å². The lowest BCUT2D eigenvalue weighted by molar-refractivity contribution is 0.0696. The maximum absolute atomic E-state index is 12.3. The van der Waals surface area contributed by atoms with E-state index in [0.29, 0.717) is 15.7 Å². The van der Waals surface area contributed by atoms with Gasteiger partial charge in [0.2, 0.25) is 0 Å². The molecule has 0 aliphatic heterocycles. The van der Waals surface area contributed by atoms with Crippen molar-refractivity contribution in [3.63, 3.8) is 0 Å². The molecule has 0 atom stereocenters. The number of carboxylic acids is 1. The van der Waals surface area contributed by atoms with Crippen LogP contribution in [0.3, 0.4) is 0 Å². The molecule has 0 fully saturated rings. The number of carboxylic acid groups (broad SMARTS) is 1. The number of carbonyl (C=O) groups excluding carboxylic acids is 1. The van der Waals surface area contributed by atoms with Gasteiger partial charge in [0.25, 0.3) is 5.91 Å². The zero-order valence-electron chi connectivity index (χ0n) is 10.4. The van der Waals surface area contributed by atoms with Crippen LogP contribution in [0.2, 0.25) is 0 Å². The van der Waals surface area contributed by atoms with E-state index in [0.717, 1.165) is 8.04 Å². The highest BCUT2D eigenvalue weighted by atomic mass is 127. The highest BCUT2D eigenvalue weighted by molar-refractivity contribution is 14.1. The molecule has 0 aliphatic carbocycles. The second kappa shape index (κ2) is 6.89. The first-order chi connectivity index (χ1) is 9.86. The quantitative estimate of drug-likeness (QED) is 0.569. The van der Waals surface area contributed by atoms with Gasteiger partial charge in [-0.25, -0.2) is 4.79 Å². The molecule has 0 aliphatic rings.